The van der Waals surface area contributed by atoms with Crippen molar-refractivity contribution in [2.75, 3.05) is 11.5 Å². The minimum absolute atomic E-state index is 0.0470. The van der Waals surface area contributed by atoms with E-state index in [1.165, 1.54) is 0 Å². The van der Waals surface area contributed by atoms with Gasteiger partial charge in [0.2, 0.25) is 11.5 Å². The quantitative estimate of drug-likeness (QED) is 0.431. The Hall–Kier alpha value is -2.92. The summed E-state index contributed by atoms with van der Waals surface area (Å²) in [7, 11) is 0. The number of anilines is 1. The molecule has 4 rings (SSSR count). The molecule has 1 aromatic heterocycles. The van der Waals surface area contributed by atoms with Gasteiger partial charge in [0, 0.05) is 23.5 Å². The van der Waals surface area contributed by atoms with Crippen molar-refractivity contribution >= 4 is 46.0 Å². The van der Waals surface area contributed by atoms with E-state index in [9.17, 15) is 9.59 Å². The van der Waals surface area contributed by atoms with Crippen molar-refractivity contribution in [2.45, 2.75) is 11.4 Å². The Balaban J connectivity index is 1.54. The molecule has 1 fully saturated rings. The van der Waals surface area contributed by atoms with E-state index in [0.29, 0.717) is 5.75 Å². The van der Waals surface area contributed by atoms with Crippen molar-refractivity contribution in [2.24, 2.45) is 5.16 Å². The number of carbonyl (C=O) groups is 2. The molecule has 11 heteroatoms. The first kappa shape index (κ1) is 17.5. The van der Waals surface area contributed by atoms with Gasteiger partial charge >= 0.3 is 0 Å². The van der Waals surface area contributed by atoms with Gasteiger partial charge in [0.05, 0.1) is 0 Å². The molecule has 3 heterocycles. The lowest BCUT2D eigenvalue weighted by atomic mass is 10.1. The molecule has 2 atom stereocenters. The smallest absolute Gasteiger partial charge is 0.278 e. The van der Waals surface area contributed by atoms with E-state index in [1.807, 2.05) is 12.1 Å². The van der Waals surface area contributed by atoms with E-state index in [0.717, 1.165) is 17.3 Å². The molecule has 2 aliphatic rings. The number of aromatic nitrogens is 2. The third-order valence-electron chi connectivity index (χ3n) is 3.85. The Morgan fingerprint density at radius 2 is 2.19 bits per heavy atom. The van der Waals surface area contributed by atoms with Gasteiger partial charge in [-0.05, 0) is 12.1 Å². The number of hydrogen-bond donors (Lipinski definition) is 2. The minimum atomic E-state index is -0.634. The molecular weight excluding hydrogens is 388 g/mol. The number of nitrogens with two attached hydrogens (primary N) is 1. The fourth-order valence-corrected chi connectivity index (χ4v) is 4.11. The first-order valence-electron chi connectivity index (χ1n) is 7.94. The number of β-lactam (4-membered cyclic amide) rings is 1. The third-order valence-corrected chi connectivity index (χ3v) is 5.62. The number of fused-ring (bicyclic) bond motifs is 1. The minimum Gasteiger partial charge on any atom is -0.374 e. The number of amides is 2. The highest BCUT2D eigenvalue weighted by molar-refractivity contribution is 8.00. The van der Waals surface area contributed by atoms with Crippen LogP contribution in [-0.4, -0.2) is 49.0 Å². The first-order chi connectivity index (χ1) is 13.1. The monoisotopic (exact) mass is 402 g/mol. The molecule has 0 saturated carbocycles. The molecule has 1 aromatic carbocycles. The summed E-state index contributed by atoms with van der Waals surface area (Å²) in [5.74, 6) is 0.502. The second kappa shape index (κ2) is 7.37. The van der Waals surface area contributed by atoms with Crippen molar-refractivity contribution in [1.82, 2.24) is 19.6 Å². The topological polar surface area (TPSA) is 123 Å². The van der Waals surface area contributed by atoms with Gasteiger partial charge in [-0.15, -0.1) is 11.8 Å². The van der Waals surface area contributed by atoms with Crippen LogP contribution in [0, 0.1) is 0 Å². The number of carbonyl (C=O) groups excluding carboxylic acids is 2. The van der Waals surface area contributed by atoms with Gasteiger partial charge in [-0.2, -0.15) is 9.36 Å². The highest BCUT2D eigenvalue weighted by atomic mass is 32.2. The van der Waals surface area contributed by atoms with E-state index in [4.69, 9.17) is 10.6 Å². The maximum Gasteiger partial charge on any atom is 0.278 e. The molecule has 2 aromatic rings. The van der Waals surface area contributed by atoms with Crippen LogP contribution in [0.3, 0.4) is 0 Å². The van der Waals surface area contributed by atoms with Gasteiger partial charge in [-0.3, -0.25) is 9.59 Å². The summed E-state index contributed by atoms with van der Waals surface area (Å²) in [6, 6.07) is 8.14. The summed E-state index contributed by atoms with van der Waals surface area (Å²) < 4.78 is 4.02. The molecule has 3 N–H and O–H groups in total. The van der Waals surface area contributed by atoms with E-state index < -0.39 is 11.9 Å². The van der Waals surface area contributed by atoms with Crippen molar-refractivity contribution in [3.63, 3.8) is 0 Å². The average molecular weight is 402 g/mol. The Kier molecular flexibility index (Phi) is 4.77. The molecule has 1 saturated heterocycles. The van der Waals surface area contributed by atoms with Crippen LogP contribution in [0.1, 0.15) is 5.82 Å². The summed E-state index contributed by atoms with van der Waals surface area (Å²) in [5, 5.41) is 6.67. The second-order valence-electron chi connectivity index (χ2n) is 5.61. The van der Waals surface area contributed by atoms with Crippen molar-refractivity contribution in [3.8, 4) is 5.75 Å². The maximum atomic E-state index is 12.8. The summed E-state index contributed by atoms with van der Waals surface area (Å²) in [5.41, 5.74) is 5.47. The van der Waals surface area contributed by atoms with Gasteiger partial charge in [-0.25, -0.2) is 0 Å². The number of benzene rings is 1. The van der Waals surface area contributed by atoms with Gasteiger partial charge in [0.15, 0.2) is 10.9 Å². The fourth-order valence-electron chi connectivity index (χ4n) is 2.57. The zero-order chi connectivity index (χ0) is 18.8. The standard InChI is InChI=1S/C16H14N6O3S2/c17-16-19-12(21-27-16)10(20-25-9-5-2-1-3-6-9)13(23)18-11-14(24)22-7-4-8-26-15(11)22/h1-7,11,15H,8H2,(H,18,23)(H2,17,19,21)/t11?,15-/m0/s1. The van der Waals surface area contributed by atoms with Crippen molar-refractivity contribution < 1.29 is 14.4 Å². The van der Waals surface area contributed by atoms with Crippen LogP contribution in [0.15, 0.2) is 47.8 Å². The Morgan fingerprint density at radius 1 is 1.37 bits per heavy atom. The number of para-hydroxylation sites is 1. The average Bonchev–Trinajstić information content (AvgIpc) is 3.12. The largest absolute Gasteiger partial charge is 0.374 e. The number of nitrogens with zero attached hydrogens (tertiary/aromatic N) is 4. The Morgan fingerprint density at radius 3 is 2.93 bits per heavy atom. The van der Waals surface area contributed by atoms with Gasteiger partial charge in [-0.1, -0.05) is 29.4 Å². The van der Waals surface area contributed by atoms with Crippen LogP contribution in [0.4, 0.5) is 5.13 Å². The maximum absolute atomic E-state index is 12.8. The number of nitrogens with one attached hydrogen (secondary N) is 1. The number of nitrogen functional groups attached to an aromatic ring is 1. The van der Waals surface area contributed by atoms with E-state index in [2.05, 4.69) is 19.8 Å². The number of thioether (sulfide) groups is 1. The summed E-state index contributed by atoms with van der Waals surface area (Å²) in [6.07, 6.45) is 3.64. The molecule has 0 bridgehead atoms. The molecule has 0 spiro atoms. The zero-order valence-corrected chi connectivity index (χ0v) is 15.4. The van der Waals surface area contributed by atoms with Gasteiger partial charge < -0.3 is 20.8 Å². The fraction of sp³-hybridized carbons (Fsp3) is 0.188. The first-order valence-corrected chi connectivity index (χ1v) is 9.76. The predicted molar refractivity (Wildman–Crippen MR) is 102 cm³/mol. The highest BCUT2D eigenvalue weighted by Crippen LogP contribution is 2.33. The Labute approximate surface area is 162 Å². The van der Waals surface area contributed by atoms with Crippen LogP contribution in [0.2, 0.25) is 0 Å². The molecule has 0 aliphatic carbocycles. The third kappa shape index (κ3) is 3.51. The molecule has 9 nitrogen and oxygen atoms in total. The van der Waals surface area contributed by atoms with Gasteiger partial charge in [0.1, 0.15) is 11.4 Å². The molecule has 2 amide bonds. The summed E-state index contributed by atoms with van der Waals surface area (Å²) in [6.45, 7) is 0. The molecule has 0 radical (unpaired) electrons. The van der Waals surface area contributed by atoms with E-state index in [-0.39, 0.29) is 27.9 Å². The molecule has 2 aliphatic heterocycles. The van der Waals surface area contributed by atoms with Gasteiger partial charge in [0.25, 0.3) is 11.8 Å². The lowest BCUT2D eigenvalue weighted by Gasteiger charge is -2.46. The van der Waals surface area contributed by atoms with Crippen LogP contribution in [0.25, 0.3) is 0 Å². The number of rotatable bonds is 5. The van der Waals surface area contributed by atoms with Crippen LogP contribution in [0.5, 0.6) is 5.75 Å². The highest BCUT2D eigenvalue weighted by Gasteiger charge is 2.48. The van der Waals surface area contributed by atoms with Crippen molar-refractivity contribution in [3.05, 3.63) is 48.4 Å². The van der Waals surface area contributed by atoms with E-state index in [1.54, 1.807) is 47.1 Å². The lowest BCUT2D eigenvalue weighted by molar-refractivity contribution is -0.143. The number of oxime groups is 1. The second-order valence-corrected chi connectivity index (χ2v) is 7.54. The van der Waals surface area contributed by atoms with Crippen LogP contribution in [-0.2, 0) is 9.59 Å². The molecule has 27 heavy (non-hydrogen) atoms. The normalized spacial score (nSPS) is 21.4. The summed E-state index contributed by atoms with van der Waals surface area (Å²) >= 11 is 2.51. The van der Waals surface area contributed by atoms with Crippen LogP contribution < -0.4 is 15.9 Å². The van der Waals surface area contributed by atoms with E-state index >= 15 is 0 Å². The Bertz CT molecular complexity index is 929. The lowest BCUT2D eigenvalue weighted by Crippen LogP contribution is -2.68. The summed E-state index contributed by atoms with van der Waals surface area (Å²) in [4.78, 5) is 35.9. The van der Waals surface area contributed by atoms with Crippen molar-refractivity contribution in [1.29, 1.82) is 0 Å². The zero-order valence-electron chi connectivity index (χ0n) is 13.8. The molecule has 138 valence electrons. The van der Waals surface area contributed by atoms with Crippen LogP contribution >= 0.6 is 23.3 Å². The molecular formula is C16H14N6O3S2. The SMILES string of the molecule is Nc1nc(C(=NOc2ccccc2)C(=O)NC2C(=O)N3C=CCS[C@@H]23)ns1. The predicted octanol–water partition coefficient (Wildman–Crippen LogP) is 0.817. The molecule has 1 unspecified atom stereocenters. The number of hydrogen-bond acceptors (Lipinski definition) is 9.